The third kappa shape index (κ3) is 2.83. The molecule has 0 atom stereocenters. The molecule has 2 rings (SSSR count). The number of carbonyl (C=O) groups is 1. The molecule has 1 aliphatic carbocycles. The van der Waals surface area contributed by atoms with Gasteiger partial charge in [0.15, 0.2) is 0 Å². The second-order valence-electron chi connectivity index (χ2n) is 4.34. The average molecular weight is 237 g/mol. The Labute approximate surface area is 98.6 Å². The largest absolute Gasteiger partial charge is 0.351 e. The summed E-state index contributed by atoms with van der Waals surface area (Å²) in [5.41, 5.74) is 0.168. The number of carbonyl (C=O) groups excluding carboxylic acids is 1. The molecule has 17 heavy (non-hydrogen) atoms. The summed E-state index contributed by atoms with van der Waals surface area (Å²) < 4.78 is 0. The number of nitrogens with one attached hydrogen (secondary N) is 2. The first-order chi connectivity index (χ1) is 8.16. The lowest BCUT2D eigenvalue weighted by Gasteiger charge is -2.22. The summed E-state index contributed by atoms with van der Waals surface area (Å²) in [5.74, 6) is -0.259. The minimum Gasteiger partial charge on any atom is -0.351 e. The van der Waals surface area contributed by atoms with Gasteiger partial charge < -0.3 is 10.3 Å². The van der Waals surface area contributed by atoms with E-state index in [9.17, 15) is 14.9 Å². The highest BCUT2D eigenvalue weighted by atomic mass is 16.6. The molecule has 1 aromatic rings. The normalized spacial score (nSPS) is 16.7. The molecule has 1 amide bonds. The molecule has 1 aliphatic rings. The number of amides is 1. The second kappa shape index (κ2) is 4.99. The monoisotopic (exact) mass is 237 g/mol. The van der Waals surface area contributed by atoms with Crippen molar-refractivity contribution in [1.29, 1.82) is 0 Å². The first kappa shape index (κ1) is 11.6. The van der Waals surface area contributed by atoms with Gasteiger partial charge in [0.25, 0.3) is 11.6 Å². The Hall–Kier alpha value is -1.85. The average Bonchev–Trinajstić information content (AvgIpc) is 2.79. The quantitative estimate of drug-likeness (QED) is 0.622. The van der Waals surface area contributed by atoms with Gasteiger partial charge >= 0.3 is 0 Å². The zero-order chi connectivity index (χ0) is 12.3. The van der Waals surface area contributed by atoms with E-state index in [1.54, 1.807) is 0 Å². The molecule has 1 fully saturated rings. The summed E-state index contributed by atoms with van der Waals surface area (Å²) in [6, 6.07) is 1.47. The standard InChI is InChI=1S/C11H15N3O3/c15-11(13-8-4-2-1-3-5-8)10-6-9(7-12-10)14(16)17/h6-8,12H,1-5H2,(H,13,15). The number of aromatic nitrogens is 1. The van der Waals surface area contributed by atoms with Crippen LogP contribution in [0.25, 0.3) is 0 Å². The summed E-state index contributed by atoms with van der Waals surface area (Å²) in [4.78, 5) is 24.4. The van der Waals surface area contributed by atoms with E-state index < -0.39 is 4.92 Å². The van der Waals surface area contributed by atoms with Crippen LogP contribution in [-0.4, -0.2) is 21.9 Å². The zero-order valence-corrected chi connectivity index (χ0v) is 9.44. The number of hydrogen-bond donors (Lipinski definition) is 2. The van der Waals surface area contributed by atoms with Gasteiger partial charge in [-0.05, 0) is 12.8 Å². The van der Waals surface area contributed by atoms with Crippen molar-refractivity contribution in [2.24, 2.45) is 0 Å². The molecule has 2 N–H and O–H groups in total. The molecule has 1 aromatic heterocycles. The number of H-pyrrole nitrogens is 1. The maximum Gasteiger partial charge on any atom is 0.287 e. The zero-order valence-electron chi connectivity index (χ0n) is 9.44. The van der Waals surface area contributed by atoms with Crippen molar-refractivity contribution in [3.63, 3.8) is 0 Å². The van der Waals surface area contributed by atoms with E-state index in [1.165, 1.54) is 18.7 Å². The van der Waals surface area contributed by atoms with Gasteiger partial charge in [0.05, 0.1) is 11.1 Å². The van der Waals surface area contributed by atoms with Crippen LogP contribution in [0.1, 0.15) is 42.6 Å². The number of aromatic amines is 1. The molecule has 6 nitrogen and oxygen atoms in total. The molecule has 0 bridgehead atoms. The van der Waals surface area contributed by atoms with Crippen molar-refractivity contribution < 1.29 is 9.72 Å². The van der Waals surface area contributed by atoms with Gasteiger partial charge in [-0.25, -0.2) is 0 Å². The van der Waals surface area contributed by atoms with Crippen LogP contribution in [0.3, 0.4) is 0 Å². The van der Waals surface area contributed by atoms with Crippen molar-refractivity contribution in [3.05, 3.63) is 28.1 Å². The molecule has 92 valence electrons. The van der Waals surface area contributed by atoms with Gasteiger partial charge in [-0.3, -0.25) is 14.9 Å². The molecule has 0 aliphatic heterocycles. The fourth-order valence-corrected chi connectivity index (χ4v) is 2.13. The molecule has 1 saturated carbocycles. The summed E-state index contributed by atoms with van der Waals surface area (Å²) in [6.07, 6.45) is 6.71. The van der Waals surface area contributed by atoms with Crippen LogP contribution in [0.4, 0.5) is 5.69 Å². The molecule has 0 unspecified atom stereocenters. The van der Waals surface area contributed by atoms with Crippen molar-refractivity contribution in [2.45, 2.75) is 38.1 Å². The minimum absolute atomic E-state index is 0.0844. The van der Waals surface area contributed by atoms with Crippen molar-refractivity contribution in [3.8, 4) is 0 Å². The Morgan fingerprint density at radius 3 is 2.71 bits per heavy atom. The lowest BCUT2D eigenvalue weighted by molar-refractivity contribution is -0.384. The fraction of sp³-hybridized carbons (Fsp3) is 0.545. The van der Waals surface area contributed by atoms with Crippen LogP contribution in [0.15, 0.2) is 12.3 Å². The van der Waals surface area contributed by atoms with E-state index in [1.807, 2.05) is 0 Å². The molecular formula is C11H15N3O3. The van der Waals surface area contributed by atoms with E-state index in [4.69, 9.17) is 0 Å². The van der Waals surface area contributed by atoms with Crippen LogP contribution < -0.4 is 5.32 Å². The fourth-order valence-electron chi connectivity index (χ4n) is 2.13. The van der Waals surface area contributed by atoms with Gasteiger partial charge in [-0.2, -0.15) is 0 Å². The van der Waals surface area contributed by atoms with Gasteiger partial charge in [0.2, 0.25) is 0 Å². The summed E-state index contributed by atoms with van der Waals surface area (Å²) in [6.45, 7) is 0. The van der Waals surface area contributed by atoms with Crippen molar-refractivity contribution >= 4 is 11.6 Å². The Morgan fingerprint density at radius 2 is 2.12 bits per heavy atom. The number of nitro groups is 1. The van der Waals surface area contributed by atoms with E-state index >= 15 is 0 Å². The van der Waals surface area contributed by atoms with Crippen LogP contribution in [0, 0.1) is 10.1 Å². The van der Waals surface area contributed by atoms with E-state index in [-0.39, 0.29) is 23.3 Å². The predicted molar refractivity (Wildman–Crippen MR) is 61.8 cm³/mol. The van der Waals surface area contributed by atoms with Crippen molar-refractivity contribution in [2.75, 3.05) is 0 Å². The number of hydrogen-bond acceptors (Lipinski definition) is 3. The Kier molecular flexibility index (Phi) is 3.41. The number of rotatable bonds is 3. The lowest BCUT2D eigenvalue weighted by atomic mass is 9.95. The third-order valence-corrected chi connectivity index (χ3v) is 3.06. The van der Waals surface area contributed by atoms with Gasteiger partial charge in [-0.1, -0.05) is 19.3 Å². The molecule has 0 radical (unpaired) electrons. The maximum absolute atomic E-state index is 11.8. The van der Waals surface area contributed by atoms with Crippen LogP contribution >= 0.6 is 0 Å². The van der Waals surface area contributed by atoms with E-state index in [2.05, 4.69) is 10.3 Å². The maximum atomic E-state index is 11.8. The Bertz CT molecular complexity index is 421. The van der Waals surface area contributed by atoms with Crippen molar-refractivity contribution in [1.82, 2.24) is 10.3 Å². The van der Waals surface area contributed by atoms with Gasteiger partial charge in [-0.15, -0.1) is 0 Å². The Morgan fingerprint density at radius 1 is 1.41 bits per heavy atom. The topological polar surface area (TPSA) is 88.0 Å². The highest BCUT2D eigenvalue weighted by Crippen LogP contribution is 2.18. The number of nitrogens with zero attached hydrogens (tertiary/aromatic N) is 1. The van der Waals surface area contributed by atoms with Crippen LogP contribution in [0.2, 0.25) is 0 Å². The summed E-state index contributed by atoms with van der Waals surface area (Å²) in [5, 5.41) is 13.4. The molecule has 0 spiro atoms. The smallest absolute Gasteiger partial charge is 0.287 e. The lowest BCUT2D eigenvalue weighted by Crippen LogP contribution is -2.36. The molecule has 0 saturated heterocycles. The Balaban J connectivity index is 1.96. The highest BCUT2D eigenvalue weighted by Gasteiger charge is 2.19. The van der Waals surface area contributed by atoms with Crippen LogP contribution in [-0.2, 0) is 0 Å². The second-order valence-corrected chi connectivity index (χ2v) is 4.34. The van der Waals surface area contributed by atoms with E-state index in [0.717, 1.165) is 25.7 Å². The molecule has 1 heterocycles. The van der Waals surface area contributed by atoms with E-state index in [0.29, 0.717) is 0 Å². The first-order valence-corrected chi connectivity index (χ1v) is 5.80. The summed E-state index contributed by atoms with van der Waals surface area (Å²) in [7, 11) is 0. The van der Waals surface area contributed by atoms with Gasteiger partial charge in [0, 0.05) is 12.1 Å². The first-order valence-electron chi connectivity index (χ1n) is 5.80. The SMILES string of the molecule is O=C(NC1CCCCC1)c1cc([N+](=O)[O-])c[nH]1. The minimum atomic E-state index is -0.520. The predicted octanol–water partition coefficient (Wildman–Crippen LogP) is 1.99. The molecule has 0 aromatic carbocycles. The highest BCUT2D eigenvalue weighted by molar-refractivity contribution is 5.93. The molecular weight excluding hydrogens is 222 g/mol. The third-order valence-electron chi connectivity index (χ3n) is 3.06. The molecule has 6 heteroatoms. The van der Waals surface area contributed by atoms with Crippen LogP contribution in [0.5, 0.6) is 0 Å². The van der Waals surface area contributed by atoms with Gasteiger partial charge in [0.1, 0.15) is 5.69 Å². The summed E-state index contributed by atoms with van der Waals surface area (Å²) >= 11 is 0.